The van der Waals surface area contributed by atoms with Crippen molar-refractivity contribution in [2.45, 2.75) is 63.2 Å². The highest BCUT2D eigenvalue weighted by Gasteiger charge is 2.44. The Hall–Kier alpha value is -2.29. The smallest absolute Gasteiger partial charge is 0.258 e. The molecule has 2 saturated heterocycles. The number of nitrogens with one attached hydrogen (secondary N) is 1. The van der Waals surface area contributed by atoms with E-state index >= 15 is 0 Å². The van der Waals surface area contributed by atoms with Crippen molar-refractivity contribution >= 4 is 39.3 Å². The van der Waals surface area contributed by atoms with E-state index in [0.717, 1.165) is 41.8 Å². The standard InChI is InChI=1S/C26H30BrF2N5O/c27-18-3-4-19(21(15-18)33-11-7-25(5-6-25)8-12-33)23(35)31-22-16-20(17-1-2-17)30-24(32-22)34-13-9-26(28,29)10-14-34/h3-4,15-17H,1-2,5-14H2,(H,30,31,32,35). The number of anilines is 3. The second-order valence-corrected chi connectivity index (χ2v) is 11.6. The fraction of sp³-hybridized carbons (Fsp3) is 0.577. The van der Waals surface area contributed by atoms with Crippen molar-refractivity contribution < 1.29 is 13.6 Å². The van der Waals surface area contributed by atoms with Gasteiger partial charge in [0.1, 0.15) is 5.82 Å². The maximum Gasteiger partial charge on any atom is 0.258 e. The zero-order valence-corrected chi connectivity index (χ0v) is 21.3. The minimum atomic E-state index is -2.63. The fourth-order valence-electron chi connectivity index (χ4n) is 5.32. The summed E-state index contributed by atoms with van der Waals surface area (Å²) in [7, 11) is 0. The molecule has 2 saturated carbocycles. The Morgan fingerprint density at radius 2 is 1.63 bits per heavy atom. The highest BCUT2D eigenvalue weighted by Crippen LogP contribution is 2.54. The molecule has 35 heavy (non-hydrogen) atoms. The van der Waals surface area contributed by atoms with Crippen molar-refractivity contribution in [3.63, 3.8) is 0 Å². The van der Waals surface area contributed by atoms with Crippen LogP contribution in [-0.4, -0.2) is 48.0 Å². The molecule has 0 bridgehead atoms. The molecule has 1 spiro atoms. The van der Waals surface area contributed by atoms with Gasteiger partial charge in [0.2, 0.25) is 5.95 Å². The summed E-state index contributed by atoms with van der Waals surface area (Å²) >= 11 is 3.57. The number of nitrogens with zero attached hydrogens (tertiary/aromatic N) is 4. The van der Waals surface area contributed by atoms with Gasteiger partial charge in [-0.3, -0.25) is 4.79 Å². The molecule has 1 N–H and O–H groups in total. The lowest BCUT2D eigenvalue weighted by Crippen LogP contribution is -2.40. The van der Waals surface area contributed by atoms with Gasteiger partial charge < -0.3 is 15.1 Å². The molecule has 6 rings (SSSR count). The summed E-state index contributed by atoms with van der Waals surface area (Å²) in [4.78, 5) is 26.9. The number of carbonyl (C=O) groups excluding carboxylic acids is 1. The first-order chi connectivity index (χ1) is 16.8. The van der Waals surface area contributed by atoms with Crippen LogP contribution in [0.3, 0.4) is 0 Å². The van der Waals surface area contributed by atoms with Crippen molar-refractivity contribution in [1.29, 1.82) is 0 Å². The van der Waals surface area contributed by atoms with Crippen LogP contribution in [0, 0.1) is 5.41 Å². The van der Waals surface area contributed by atoms with Gasteiger partial charge in [-0.2, -0.15) is 4.98 Å². The predicted molar refractivity (Wildman–Crippen MR) is 136 cm³/mol. The van der Waals surface area contributed by atoms with Crippen molar-refractivity contribution in [2.75, 3.05) is 41.3 Å². The Morgan fingerprint density at radius 1 is 0.943 bits per heavy atom. The third-order valence-electron chi connectivity index (χ3n) is 8.08. The van der Waals surface area contributed by atoms with Crippen LogP contribution < -0.4 is 15.1 Å². The van der Waals surface area contributed by atoms with Crippen molar-refractivity contribution in [1.82, 2.24) is 9.97 Å². The lowest BCUT2D eigenvalue weighted by atomic mass is 9.93. The van der Waals surface area contributed by atoms with E-state index < -0.39 is 5.92 Å². The summed E-state index contributed by atoms with van der Waals surface area (Å²) in [5.74, 6) is -1.63. The number of alkyl halides is 2. The largest absolute Gasteiger partial charge is 0.371 e. The Balaban J connectivity index is 1.24. The first-order valence-electron chi connectivity index (χ1n) is 12.7. The summed E-state index contributed by atoms with van der Waals surface area (Å²) in [6, 6.07) is 7.61. The number of carbonyl (C=O) groups is 1. The van der Waals surface area contributed by atoms with Gasteiger partial charge >= 0.3 is 0 Å². The van der Waals surface area contributed by atoms with Crippen molar-refractivity contribution in [3.8, 4) is 0 Å². The van der Waals surface area contributed by atoms with Crippen molar-refractivity contribution in [2.24, 2.45) is 5.41 Å². The van der Waals surface area contributed by atoms with E-state index in [1.165, 1.54) is 25.7 Å². The second kappa shape index (κ2) is 8.68. The van der Waals surface area contributed by atoms with E-state index in [2.05, 4.69) is 36.1 Å². The molecule has 0 radical (unpaired) electrons. The van der Waals surface area contributed by atoms with E-state index in [0.29, 0.717) is 28.7 Å². The second-order valence-electron chi connectivity index (χ2n) is 10.7. The first-order valence-corrected chi connectivity index (χ1v) is 13.5. The Morgan fingerprint density at radius 3 is 2.29 bits per heavy atom. The normalized spacial score (nSPS) is 22.8. The molecule has 2 aliphatic carbocycles. The van der Waals surface area contributed by atoms with Crippen LogP contribution in [0.15, 0.2) is 28.7 Å². The molecule has 2 aromatic rings. The minimum Gasteiger partial charge on any atom is -0.371 e. The molecule has 4 aliphatic rings. The molecule has 6 nitrogen and oxygen atoms in total. The Bertz CT molecular complexity index is 1130. The van der Waals surface area contributed by atoms with Gasteiger partial charge in [0.15, 0.2) is 0 Å². The average Bonchev–Trinajstić information content (AvgIpc) is 3.76. The molecular formula is C26H30BrF2N5O. The highest BCUT2D eigenvalue weighted by molar-refractivity contribution is 9.10. The number of hydrogen-bond acceptors (Lipinski definition) is 5. The van der Waals surface area contributed by atoms with Gasteiger partial charge in [0.05, 0.1) is 16.9 Å². The Labute approximate surface area is 212 Å². The van der Waals surface area contributed by atoms with Crippen LogP contribution in [0.2, 0.25) is 0 Å². The molecule has 0 atom stereocenters. The number of rotatable bonds is 5. The van der Waals surface area contributed by atoms with E-state index in [4.69, 9.17) is 0 Å². The van der Waals surface area contributed by atoms with Crippen LogP contribution >= 0.6 is 15.9 Å². The number of piperidine rings is 2. The van der Waals surface area contributed by atoms with Gasteiger partial charge in [0.25, 0.3) is 11.8 Å². The maximum absolute atomic E-state index is 13.7. The molecule has 2 aliphatic heterocycles. The molecule has 4 fully saturated rings. The van der Waals surface area contributed by atoms with Crippen LogP contribution in [0.4, 0.5) is 26.2 Å². The lowest BCUT2D eigenvalue weighted by molar-refractivity contribution is -0.0222. The van der Waals surface area contributed by atoms with Crippen LogP contribution in [0.5, 0.6) is 0 Å². The van der Waals surface area contributed by atoms with Gasteiger partial charge in [-0.25, -0.2) is 13.8 Å². The van der Waals surface area contributed by atoms with E-state index in [9.17, 15) is 13.6 Å². The first kappa shape index (κ1) is 23.1. The SMILES string of the molecule is O=C(Nc1cc(C2CC2)nc(N2CCC(F)(F)CC2)n1)c1ccc(Br)cc1N1CCC2(CC1)CC2. The van der Waals surface area contributed by atoms with Crippen LogP contribution in [0.1, 0.15) is 73.3 Å². The molecule has 186 valence electrons. The third-order valence-corrected chi connectivity index (χ3v) is 8.57. The van der Waals surface area contributed by atoms with Gasteiger partial charge in [0, 0.05) is 55.5 Å². The highest BCUT2D eigenvalue weighted by atomic mass is 79.9. The molecule has 3 heterocycles. The van der Waals surface area contributed by atoms with Gasteiger partial charge in [-0.05, 0) is 62.1 Å². The quantitative estimate of drug-likeness (QED) is 0.500. The van der Waals surface area contributed by atoms with E-state index in [1.54, 1.807) is 0 Å². The predicted octanol–water partition coefficient (Wildman–Crippen LogP) is 5.98. The van der Waals surface area contributed by atoms with Crippen LogP contribution in [-0.2, 0) is 0 Å². The minimum absolute atomic E-state index is 0.203. The summed E-state index contributed by atoms with van der Waals surface area (Å²) in [5.41, 5.74) is 2.98. The molecule has 1 amide bonds. The topological polar surface area (TPSA) is 61.4 Å². The van der Waals surface area contributed by atoms with E-state index in [-0.39, 0.29) is 31.8 Å². The third kappa shape index (κ3) is 5.01. The average molecular weight is 546 g/mol. The lowest BCUT2D eigenvalue weighted by Gasteiger charge is -2.35. The van der Waals surface area contributed by atoms with E-state index in [1.807, 2.05) is 29.2 Å². The molecule has 0 unspecified atom stereocenters. The number of hydrogen-bond donors (Lipinski definition) is 1. The monoisotopic (exact) mass is 545 g/mol. The van der Waals surface area contributed by atoms with Gasteiger partial charge in [-0.15, -0.1) is 0 Å². The number of benzene rings is 1. The van der Waals surface area contributed by atoms with Crippen molar-refractivity contribution in [3.05, 3.63) is 40.0 Å². The molecule has 1 aromatic heterocycles. The maximum atomic E-state index is 13.7. The zero-order valence-electron chi connectivity index (χ0n) is 19.7. The molecule has 9 heteroatoms. The summed E-state index contributed by atoms with van der Waals surface area (Å²) in [5, 5.41) is 3.00. The number of aromatic nitrogens is 2. The molecule has 1 aromatic carbocycles. The summed E-state index contributed by atoms with van der Waals surface area (Å²) in [6.07, 6.45) is 6.72. The summed E-state index contributed by atoms with van der Waals surface area (Å²) in [6.45, 7) is 2.34. The number of amides is 1. The summed E-state index contributed by atoms with van der Waals surface area (Å²) < 4.78 is 28.3. The fourth-order valence-corrected chi connectivity index (χ4v) is 5.67. The Kier molecular flexibility index (Phi) is 5.73. The molecular weight excluding hydrogens is 516 g/mol. The number of halogens is 3. The zero-order chi connectivity index (χ0) is 24.2. The van der Waals surface area contributed by atoms with Crippen LogP contribution in [0.25, 0.3) is 0 Å². The van der Waals surface area contributed by atoms with Gasteiger partial charge in [-0.1, -0.05) is 15.9 Å².